The van der Waals surface area contributed by atoms with E-state index in [4.69, 9.17) is 12.2 Å². The number of carbonyl (C=O) groups excluding carboxylic acids is 1. The lowest BCUT2D eigenvalue weighted by molar-refractivity contribution is 0.103. The first-order valence-electron chi connectivity index (χ1n) is 9.31. The van der Waals surface area contributed by atoms with E-state index in [0.29, 0.717) is 27.6 Å². The highest BCUT2D eigenvalue weighted by molar-refractivity contribution is 7.80. The van der Waals surface area contributed by atoms with Crippen LogP contribution >= 0.6 is 12.2 Å². The van der Waals surface area contributed by atoms with Gasteiger partial charge in [0.2, 0.25) is 0 Å². The second-order valence-corrected chi connectivity index (χ2v) is 8.23. The van der Waals surface area contributed by atoms with Gasteiger partial charge in [-0.25, -0.2) is 4.39 Å². The molecule has 0 aliphatic rings. The summed E-state index contributed by atoms with van der Waals surface area (Å²) >= 11 is 5.30. The van der Waals surface area contributed by atoms with E-state index in [9.17, 15) is 9.18 Å². The molecule has 0 heterocycles. The number of halogens is 1. The molecule has 0 unspecified atom stereocenters. The molecule has 0 amide bonds. The van der Waals surface area contributed by atoms with Crippen molar-refractivity contribution in [1.29, 1.82) is 0 Å². The Hall–Kier alpha value is -3.05. The third-order valence-corrected chi connectivity index (χ3v) is 4.70. The summed E-state index contributed by atoms with van der Waals surface area (Å²) in [7, 11) is 0. The van der Waals surface area contributed by atoms with Crippen LogP contribution in [0.3, 0.4) is 0 Å². The first-order chi connectivity index (χ1) is 13.7. The summed E-state index contributed by atoms with van der Waals surface area (Å²) in [5, 5.41) is 6.40. The monoisotopic (exact) mass is 406 g/mol. The standard InChI is InChI=1S/C24H23FN2OS/c1-24(2,3)18-9-7-16(8-10-18)22(28)17-5-4-6-21(15-17)27-23(29)26-20-13-11-19(25)12-14-20/h4-15H,1-3H3,(H2,26,27,29). The Balaban J connectivity index is 1.70. The maximum absolute atomic E-state index is 13.0. The van der Waals surface area contributed by atoms with Crippen LogP contribution < -0.4 is 10.6 Å². The molecular formula is C24H23FN2OS. The minimum atomic E-state index is -0.309. The van der Waals surface area contributed by atoms with Crippen molar-refractivity contribution in [2.24, 2.45) is 0 Å². The molecule has 0 bridgehead atoms. The summed E-state index contributed by atoms with van der Waals surface area (Å²) in [4.78, 5) is 12.9. The number of ketones is 1. The van der Waals surface area contributed by atoms with Gasteiger partial charge in [-0.2, -0.15) is 0 Å². The van der Waals surface area contributed by atoms with Crippen LogP contribution in [0.4, 0.5) is 15.8 Å². The molecule has 0 aromatic heterocycles. The van der Waals surface area contributed by atoms with Crippen LogP contribution in [0.2, 0.25) is 0 Å². The molecule has 3 aromatic rings. The van der Waals surface area contributed by atoms with Gasteiger partial charge in [-0.05, 0) is 59.6 Å². The van der Waals surface area contributed by atoms with Gasteiger partial charge in [0.25, 0.3) is 0 Å². The van der Waals surface area contributed by atoms with E-state index in [2.05, 4.69) is 31.4 Å². The molecule has 0 atom stereocenters. The molecule has 0 spiro atoms. The lowest BCUT2D eigenvalue weighted by atomic mass is 9.86. The van der Waals surface area contributed by atoms with Gasteiger partial charge in [0, 0.05) is 22.5 Å². The Labute approximate surface area is 176 Å². The number of hydrogen-bond donors (Lipinski definition) is 2. The molecule has 5 heteroatoms. The van der Waals surface area contributed by atoms with Gasteiger partial charge in [-0.1, -0.05) is 57.2 Å². The number of carbonyl (C=O) groups is 1. The van der Waals surface area contributed by atoms with Crippen LogP contribution in [0.15, 0.2) is 72.8 Å². The zero-order valence-electron chi connectivity index (χ0n) is 16.6. The molecule has 0 radical (unpaired) electrons. The molecule has 0 aliphatic carbocycles. The predicted octanol–water partition coefficient (Wildman–Crippen LogP) is 6.16. The summed E-state index contributed by atoms with van der Waals surface area (Å²) in [5.41, 5.74) is 3.81. The first-order valence-corrected chi connectivity index (χ1v) is 9.72. The average molecular weight is 407 g/mol. The second-order valence-electron chi connectivity index (χ2n) is 7.82. The topological polar surface area (TPSA) is 41.1 Å². The van der Waals surface area contributed by atoms with Crippen LogP contribution in [-0.4, -0.2) is 10.9 Å². The third-order valence-electron chi connectivity index (χ3n) is 4.50. The van der Waals surface area contributed by atoms with Crippen LogP contribution in [0.5, 0.6) is 0 Å². The number of thiocarbonyl (C=S) groups is 1. The first kappa shape index (κ1) is 20.7. The third kappa shape index (κ3) is 5.48. The second kappa shape index (κ2) is 8.53. The predicted molar refractivity (Wildman–Crippen MR) is 121 cm³/mol. The molecule has 3 nitrogen and oxygen atoms in total. The maximum atomic E-state index is 13.0. The van der Waals surface area contributed by atoms with E-state index in [0.717, 1.165) is 0 Å². The highest BCUT2D eigenvalue weighted by Crippen LogP contribution is 2.23. The Morgan fingerprint density at radius 3 is 2.07 bits per heavy atom. The van der Waals surface area contributed by atoms with E-state index < -0.39 is 0 Å². The molecule has 0 aliphatic heterocycles. The zero-order valence-corrected chi connectivity index (χ0v) is 17.4. The molecule has 148 valence electrons. The van der Waals surface area contributed by atoms with Gasteiger partial charge in [0.15, 0.2) is 10.9 Å². The number of hydrogen-bond acceptors (Lipinski definition) is 2. The van der Waals surface area contributed by atoms with Gasteiger partial charge < -0.3 is 10.6 Å². The van der Waals surface area contributed by atoms with Crippen molar-refractivity contribution < 1.29 is 9.18 Å². The van der Waals surface area contributed by atoms with Crippen molar-refractivity contribution in [1.82, 2.24) is 0 Å². The molecule has 29 heavy (non-hydrogen) atoms. The quantitative estimate of drug-likeness (QED) is 0.402. The van der Waals surface area contributed by atoms with E-state index in [1.165, 1.54) is 17.7 Å². The van der Waals surface area contributed by atoms with Crippen molar-refractivity contribution in [3.63, 3.8) is 0 Å². The highest BCUT2D eigenvalue weighted by Gasteiger charge is 2.15. The van der Waals surface area contributed by atoms with Gasteiger partial charge in [-0.15, -0.1) is 0 Å². The summed E-state index contributed by atoms with van der Waals surface area (Å²) in [6.45, 7) is 6.42. The minimum Gasteiger partial charge on any atom is -0.332 e. The summed E-state index contributed by atoms with van der Waals surface area (Å²) in [5.74, 6) is -0.359. The lowest BCUT2D eigenvalue weighted by Crippen LogP contribution is -2.19. The van der Waals surface area contributed by atoms with Crippen LogP contribution in [0.25, 0.3) is 0 Å². The summed E-state index contributed by atoms with van der Waals surface area (Å²) in [6.07, 6.45) is 0. The van der Waals surface area contributed by atoms with Gasteiger partial charge in [0.1, 0.15) is 5.82 Å². The zero-order chi connectivity index (χ0) is 21.0. The van der Waals surface area contributed by atoms with Crippen molar-refractivity contribution in [2.75, 3.05) is 10.6 Å². The Morgan fingerprint density at radius 1 is 0.828 bits per heavy atom. The van der Waals surface area contributed by atoms with Gasteiger partial charge in [-0.3, -0.25) is 4.79 Å². The normalized spacial score (nSPS) is 11.0. The number of benzene rings is 3. The number of anilines is 2. The Kier molecular flexibility index (Phi) is 6.09. The fourth-order valence-corrected chi connectivity index (χ4v) is 3.09. The molecule has 3 aromatic carbocycles. The molecular weight excluding hydrogens is 383 g/mol. The smallest absolute Gasteiger partial charge is 0.193 e. The molecule has 2 N–H and O–H groups in total. The van der Waals surface area contributed by atoms with Crippen LogP contribution in [-0.2, 0) is 5.41 Å². The van der Waals surface area contributed by atoms with E-state index in [1.54, 1.807) is 30.3 Å². The number of nitrogens with one attached hydrogen (secondary N) is 2. The van der Waals surface area contributed by atoms with Gasteiger partial charge >= 0.3 is 0 Å². The fourth-order valence-electron chi connectivity index (χ4n) is 2.85. The summed E-state index contributed by atoms with van der Waals surface area (Å²) in [6, 6.07) is 20.8. The minimum absolute atomic E-state index is 0.0403. The Bertz CT molecular complexity index is 1020. The number of rotatable bonds is 4. The Morgan fingerprint density at radius 2 is 1.45 bits per heavy atom. The van der Waals surface area contributed by atoms with E-state index in [1.807, 2.05) is 30.3 Å². The highest BCUT2D eigenvalue weighted by atomic mass is 32.1. The van der Waals surface area contributed by atoms with E-state index in [-0.39, 0.29) is 17.0 Å². The molecule has 0 fully saturated rings. The maximum Gasteiger partial charge on any atom is 0.193 e. The largest absolute Gasteiger partial charge is 0.332 e. The van der Waals surface area contributed by atoms with E-state index >= 15 is 0 Å². The summed E-state index contributed by atoms with van der Waals surface area (Å²) < 4.78 is 13.0. The molecule has 0 saturated heterocycles. The lowest BCUT2D eigenvalue weighted by Gasteiger charge is -2.19. The van der Waals surface area contributed by atoms with Crippen LogP contribution in [0.1, 0.15) is 42.3 Å². The van der Waals surface area contributed by atoms with Crippen molar-refractivity contribution >= 4 is 34.5 Å². The van der Waals surface area contributed by atoms with Crippen molar-refractivity contribution in [2.45, 2.75) is 26.2 Å². The van der Waals surface area contributed by atoms with Crippen molar-refractivity contribution in [3.05, 3.63) is 95.3 Å². The van der Waals surface area contributed by atoms with Crippen molar-refractivity contribution in [3.8, 4) is 0 Å². The molecule has 0 saturated carbocycles. The average Bonchev–Trinajstić information content (AvgIpc) is 2.69. The fraction of sp³-hybridized carbons (Fsp3) is 0.167. The van der Waals surface area contributed by atoms with Crippen LogP contribution in [0, 0.1) is 5.82 Å². The molecule has 3 rings (SSSR count). The van der Waals surface area contributed by atoms with Gasteiger partial charge in [0.05, 0.1) is 0 Å². The SMILES string of the molecule is CC(C)(C)c1ccc(C(=O)c2cccc(NC(=S)Nc3ccc(F)cc3)c2)cc1.